The van der Waals surface area contributed by atoms with Crippen LogP contribution in [0.4, 0.5) is 0 Å². The van der Waals surface area contributed by atoms with Gasteiger partial charge in [0, 0.05) is 12.1 Å². The zero-order valence-corrected chi connectivity index (χ0v) is 9.04. The molecule has 2 rings (SSSR count). The maximum absolute atomic E-state index is 5.72. The Hall–Kier alpha value is -0.120. The Labute approximate surface area is 87.0 Å². The smallest absolute Gasteiger partial charge is 0.00965 e. The van der Waals surface area contributed by atoms with E-state index in [9.17, 15) is 0 Å². The van der Waals surface area contributed by atoms with Crippen molar-refractivity contribution in [2.75, 3.05) is 26.2 Å². The number of hydrogen-bond donors (Lipinski definition) is 2. The standard InChI is InChI=1S/C11H23N3/c12-10-8-11(9-10)13-4-3-7-14-5-1-2-6-14/h10-11,13H,1-9,12H2. The zero-order valence-electron chi connectivity index (χ0n) is 9.04. The van der Waals surface area contributed by atoms with E-state index in [0.717, 1.165) is 6.04 Å². The van der Waals surface area contributed by atoms with Crippen LogP contribution in [0.2, 0.25) is 0 Å². The van der Waals surface area contributed by atoms with Crippen molar-refractivity contribution in [2.45, 2.75) is 44.2 Å². The number of hydrogen-bond acceptors (Lipinski definition) is 3. The maximum atomic E-state index is 5.72. The van der Waals surface area contributed by atoms with Gasteiger partial charge in [-0.2, -0.15) is 0 Å². The third kappa shape index (κ3) is 2.94. The Balaban J connectivity index is 1.43. The molecule has 14 heavy (non-hydrogen) atoms. The summed E-state index contributed by atoms with van der Waals surface area (Å²) >= 11 is 0. The van der Waals surface area contributed by atoms with Crippen LogP contribution in [0, 0.1) is 0 Å². The van der Waals surface area contributed by atoms with E-state index in [1.807, 2.05) is 0 Å². The Kier molecular flexibility index (Phi) is 3.79. The Morgan fingerprint density at radius 2 is 1.93 bits per heavy atom. The first-order valence-electron chi connectivity index (χ1n) is 6.06. The summed E-state index contributed by atoms with van der Waals surface area (Å²) in [5.41, 5.74) is 5.72. The first-order valence-corrected chi connectivity index (χ1v) is 6.06. The van der Waals surface area contributed by atoms with Gasteiger partial charge >= 0.3 is 0 Å². The third-order valence-corrected chi connectivity index (χ3v) is 3.46. The van der Waals surface area contributed by atoms with Crippen LogP contribution in [0.25, 0.3) is 0 Å². The van der Waals surface area contributed by atoms with E-state index < -0.39 is 0 Å². The highest BCUT2D eigenvalue weighted by Gasteiger charge is 2.24. The van der Waals surface area contributed by atoms with E-state index in [1.54, 1.807) is 0 Å². The lowest BCUT2D eigenvalue weighted by molar-refractivity contribution is 0.278. The molecular formula is C11H23N3. The summed E-state index contributed by atoms with van der Waals surface area (Å²) in [6.07, 6.45) is 6.48. The van der Waals surface area contributed by atoms with Gasteiger partial charge in [0.1, 0.15) is 0 Å². The minimum absolute atomic E-state index is 0.478. The Morgan fingerprint density at radius 1 is 1.21 bits per heavy atom. The highest BCUT2D eigenvalue weighted by molar-refractivity contribution is 4.87. The lowest BCUT2D eigenvalue weighted by Crippen LogP contribution is -2.48. The molecule has 0 atom stereocenters. The molecular weight excluding hydrogens is 174 g/mol. The predicted octanol–water partition coefficient (Wildman–Crippen LogP) is 0.552. The molecule has 0 bridgehead atoms. The normalized spacial score (nSPS) is 33.2. The van der Waals surface area contributed by atoms with Crippen molar-refractivity contribution in [3.63, 3.8) is 0 Å². The Morgan fingerprint density at radius 3 is 2.57 bits per heavy atom. The summed E-state index contributed by atoms with van der Waals surface area (Å²) in [6, 6.07) is 1.20. The van der Waals surface area contributed by atoms with E-state index in [1.165, 1.54) is 58.3 Å². The average Bonchev–Trinajstić information content (AvgIpc) is 2.61. The van der Waals surface area contributed by atoms with E-state index in [0.29, 0.717) is 6.04 Å². The fourth-order valence-corrected chi connectivity index (χ4v) is 2.44. The molecule has 1 aliphatic heterocycles. The van der Waals surface area contributed by atoms with Crippen molar-refractivity contribution in [1.29, 1.82) is 0 Å². The molecule has 0 spiro atoms. The van der Waals surface area contributed by atoms with Gasteiger partial charge < -0.3 is 16.0 Å². The van der Waals surface area contributed by atoms with Crippen molar-refractivity contribution in [1.82, 2.24) is 10.2 Å². The van der Waals surface area contributed by atoms with Gasteiger partial charge in [0.15, 0.2) is 0 Å². The average molecular weight is 197 g/mol. The second kappa shape index (κ2) is 5.10. The van der Waals surface area contributed by atoms with Gasteiger partial charge in [-0.15, -0.1) is 0 Å². The van der Waals surface area contributed by atoms with E-state index in [4.69, 9.17) is 5.73 Å². The fourth-order valence-electron chi connectivity index (χ4n) is 2.44. The monoisotopic (exact) mass is 197 g/mol. The molecule has 3 heteroatoms. The summed E-state index contributed by atoms with van der Waals surface area (Å²) in [4.78, 5) is 2.58. The molecule has 1 saturated carbocycles. The molecule has 82 valence electrons. The molecule has 3 N–H and O–H groups in total. The molecule has 0 aromatic carbocycles. The predicted molar refractivity (Wildman–Crippen MR) is 59.3 cm³/mol. The summed E-state index contributed by atoms with van der Waals surface area (Å²) < 4.78 is 0. The van der Waals surface area contributed by atoms with Gasteiger partial charge in [0.25, 0.3) is 0 Å². The minimum atomic E-state index is 0.478. The van der Waals surface area contributed by atoms with E-state index >= 15 is 0 Å². The third-order valence-electron chi connectivity index (χ3n) is 3.46. The highest BCUT2D eigenvalue weighted by atomic mass is 15.1. The van der Waals surface area contributed by atoms with Crippen LogP contribution in [-0.2, 0) is 0 Å². The molecule has 0 unspecified atom stereocenters. The summed E-state index contributed by atoms with van der Waals surface area (Å²) in [6.45, 7) is 5.11. The molecule has 1 aliphatic carbocycles. The quantitative estimate of drug-likeness (QED) is 0.633. The van der Waals surface area contributed by atoms with Crippen LogP contribution in [-0.4, -0.2) is 43.2 Å². The van der Waals surface area contributed by atoms with Crippen LogP contribution in [0.15, 0.2) is 0 Å². The molecule has 2 fully saturated rings. The van der Waals surface area contributed by atoms with Crippen LogP contribution < -0.4 is 11.1 Å². The van der Waals surface area contributed by atoms with Gasteiger partial charge in [0.2, 0.25) is 0 Å². The van der Waals surface area contributed by atoms with Crippen LogP contribution in [0.1, 0.15) is 32.1 Å². The minimum Gasteiger partial charge on any atom is -0.328 e. The van der Waals surface area contributed by atoms with Crippen molar-refractivity contribution in [3.8, 4) is 0 Å². The van der Waals surface area contributed by atoms with Crippen molar-refractivity contribution in [2.24, 2.45) is 5.73 Å². The van der Waals surface area contributed by atoms with E-state index in [-0.39, 0.29) is 0 Å². The van der Waals surface area contributed by atoms with Crippen molar-refractivity contribution < 1.29 is 0 Å². The van der Waals surface area contributed by atoms with Gasteiger partial charge in [-0.1, -0.05) is 0 Å². The van der Waals surface area contributed by atoms with Crippen LogP contribution >= 0.6 is 0 Å². The molecule has 0 aromatic heterocycles. The number of rotatable bonds is 5. The van der Waals surface area contributed by atoms with Crippen molar-refractivity contribution >= 4 is 0 Å². The lowest BCUT2D eigenvalue weighted by Gasteiger charge is -2.33. The first kappa shape index (κ1) is 10.4. The summed E-state index contributed by atoms with van der Waals surface area (Å²) in [7, 11) is 0. The summed E-state index contributed by atoms with van der Waals surface area (Å²) in [5, 5.41) is 3.57. The molecule has 0 amide bonds. The molecule has 1 saturated heterocycles. The molecule has 2 aliphatic rings. The molecule has 0 aromatic rings. The number of nitrogens with one attached hydrogen (secondary N) is 1. The van der Waals surface area contributed by atoms with Gasteiger partial charge in [0.05, 0.1) is 0 Å². The number of likely N-dealkylation sites (tertiary alicyclic amines) is 1. The van der Waals surface area contributed by atoms with E-state index in [2.05, 4.69) is 10.2 Å². The van der Waals surface area contributed by atoms with Gasteiger partial charge in [-0.25, -0.2) is 0 Å². The fraction of sp³-hybridized carbons (Fsp3) is 1.00. The largest absolute Gasteiger partial charge is 0.328 e. The zero-order chi connectivity index (χ0) is 9.80. The summed E-state index contributed by atoms with van der Waals surface area (Å²) in [5.74, 6) is 0. The van der Waals surface area contributed by atoms with Gasteiger partial charge in [-0.3, -0.25) is 0 Å². The number of nitrogens with zero attached hydrogens (tertiary/aromatic N) is 1. The molecule has 3 nitrogen and oxygen atoms in total. The van der Waals surface area contributed by atoms with Crippen LogP contribution in [0.5, 0.6) is 0 Å². The molecule has 0 radical (unpaired) electrons. The lowest BCUT2D eigenvalue weighted by atomic mass is 9.88. The number of nitrogens with two attached hydrogens (primary N) is 1. The SMILES string of the molecule is NC1CC(NCCCN2CCCC2)C1. The van der Waals surface area contributed by atoms with Gasteiger partial charge in [-0.05, 0) is 58.3 Å². The molecule has 1 heterocycles. The maximum Gasteiger partial charge on any atom is 0.00965 e. The highest BCUT2D eigenvalue weighted by Crippen LogP contribution is 2.17. The van der Waals surface area contributed by atoms with Crippen LogP contribution in [0.3, 0.4) is 0 Å². The topological polar surface area (TPSA) is 41.3 Å². The Bertz CT molecular complexity index is 160. The second-order valence-corrected chi connectivity index (χ2v) is 4.78. The van der Waals surface area contributed by atoms with Crippen molar-refractivity contribution in [3.05, 3.63) is 0 Å². The first-order chi connectivity index (χ1) is 6.84. The second-order valence-electron chi connectivity index (χ2n) is 4.78.